The molecule has 289 valence electrons. The minimum Gasteiger partial charge on any atom is -0.503 e. The third-order valence-corrected chi connectivity index (χ3v) is 2.60. The number of Topliss-reactive ketones (excluding diaryl/α,β-unsaturated/α-hetero) is 2. The summed E-state index contributed by atoms with van der Waals surface area (Å²) >= 11 is 0. The maximum absolute atomic E-state index is 10.3. The van der Waals surface area contributed by atoms with Gasteiger partial charge in [0.15, 0.2) is 5.97 Å². The summed E-state index contributed by atoms with van der Waals surface area (Å²) in [5.41, 5.74) is 9.56. The molecule has 0 aliphatic heterocycles. The topological polar surface area (TPSA) is 307 Å². The van der Waals surface area contributed by atoms with E-state index in [0.717, 1.165) is 6.92 Å². The molecule has 0 aromatic heterocycles. The van der Waals surface area contributed by atoms with Crippen molar-refractivity contribution in [2.45, 2.75) is 41.0 Å². The van der Waals surface area contributed by atoms with Crippen LogP contribution < -0.4 is 22.1 Å². The zero-order valence-electron chi connectivity index (χ0n) is 30.1. The van der Waals surface area contributed by atoms with Crippen molar-refractivity contribution < 1.29 is 167 Å². The molecule has 0 fully saturated rings. The number of hydrogen-bond donors (Lipinski definition) is 9. The molecule has 0 bridgehead atoms. The molecule has 11 N–H and O–H groups in total. The molecular formula is C28H61N4O14Y3-3. The Morgan fingerprint density at radius 1 is 0.612 bits per heavy atom. The van der Waals surface area contributed by atoms with Gasteiger partial charge in [-0.05, 0) is 32.0 Å². The predicted octanol–water partition coefficient (Wildman–Crippen LogP) is -2.01. The van der Waals surface area contributed by atoms with E-state index < -0.39 is 11.9 Å². The Morgan fingerprint density at radius 3 is 0.959 bits per heavy atom. The number of hydrogen-bond acceptors (Lipinski definition) is 14. The molecule has 3 radical (unpaired) electrons. The van der Waals surface area contributed by atoms with Gasteiger partial charge in [0, 0.05) is 139 Å². The smallest absolute Gasteiger partial charge is 0.300 e. The van der Waals surface area contributed by atoms with Crippen molar-refractivity contribution in [2.24, 2.45) is 11.5 Å². The maximum Gasteiger partial charge on any atom is 0.300 e. The van der Waals surface area contributed by atoms with Crippen molar-refractivity contribution >= 4 is 35.3 Å². The quantitative estimate of drug-likeness (QED) is 0.0633. The first-order chi connectivity index (χ1) is 21.4. The van der Waals surface area contributed by atoms with Crippen LogP contribution >= 0.6 is 0 Å². The van der Waals surface area contributed by atoms with E-state index >= 15 is 0 Å². The number of aliphatic hydroxyl groups is 3. The van der Waals surface area contributed by atoms with Crippen LogP contribution in [-0.4, -0.2) is 147 Å². The molecular weight excluding hydrogens is 883 g/mol. The molecule has 0 atom stereocenters. The van der Waals surface area contributed by atoms with Crippen LogP contribution in [0.5, 0.6) is 0 Å². The Hall–Kier alpha value is -0.178. The summed E-state index contributed by atoms with van der Waals surface area (Å²) in [5.74, 6) is -2.12. The first kappa shape index (κ1) is 78.1. The van der Waals surface area contributed by atoms with Crippen LogP contribution in [0.2, 0.25) is 0 Å². The zero-order chi connectivity index (χ0) is 38.2. The van der Waals surface area contributed by atoms with Crippen molar-refractivity contribution in [3.63, 3.8) is 0 Å². The molecule has 2 amide bonds. The second kappa shape index (κ2) is 81.7. The van der Waals surface area contributed by atoms with Gasteiger partial charge in [0.25, 0.3) is 5.97 Å². The molecule has 18 nitrogen and oxygen atoms in total. The summed E-state index contributed by atoms with van der Waals surface area (Å²) < 4.78 is 14.5. The van der Waals surface area contributed by atoms with Crippen LogP contribution in [0.15, 0.2) is 0 Å². The monoisotopic (exact) mass is 944 g/mol. The molecule has 0 saturated heterocycles. The first-order valence-corrected chi connectivity index (χ1v) is 13.7. The average Bonchev–Trinajstić information content (AvgIpc) is 2.94. The summed E-state index contributed by atoms with van der Waals surface area (Å²) in [6.07, 6.45) is 0.556. The van der Waals surface area contributed by atoms with Gasteiger partial charge in [-0.2, -0.15) is 0 Å². The number of carbonyl (C=O) groups excluding carboxylic acids is 4. The maximum atomic E-state index is 10.3. The number of ether oxygens (including phenoxy) is 3. The fourth-order valence-electron chi connectivity index (χ4n) is 1.18. The average molecular weight is 945 g/mol. The first-order valence-electron chi connectivity index (χ1n) is 13.7. The Kier molecular flexibility index (Phi) is 130. The van der Waals surface area contributed by atoms with E-state index in [-0.39, 0.29) is 141 Å². The van der Waals surface area contributed by atoms with Gasteiger partial charge in [-0.25, -0.2) is 0 Å². The number of nitrogens with two attached hydrogens (primary N) is 2. The SMILES string of the molecule is CC(=O)NCCOCCO.CC(=O)NCCOCCO.CC(=O)O.CN.NCCOCCO.[CH2-]C(=O)CC.[CH2-]C(=O)O.[CH2-]C(C)=O.[Y].[Y].[Y]. The number of aliphatic hydroxyl groups excluding tert-OH is 3. The zero-order valence-corrected chi connectivity index (χ0v) is 38.6. The molecule has 0 heterocycles. The molecule has 0 saturated carbocycles. The Balaban J connectivity index is -0.0000000387. The molecule has 0 unspecified atom stereocenters. The minimum absolute atomic E-state index is 0. The van der Waals surface area contributed by atoms with Gasteiger partial charge in [-0.1, -0.05) is 6.92 Å². The summed E-state index contributed by atoms with van der Waals surface area (Å²) in [6, 6.07) is 0. The van der Waals surface area contributed by atoms with Crippen molar-refractivity contribution in [1.29, 1.82) is 0 Å². The van der Waals surface area contributed by atoms with Gasteiger partial charge in [-0.15, -0.1) is 0 Å². The molecule has 21 heteroatoms. The van der Waals surface area contributed by atoms with Gasteiger partial charge in [0.2, 0.25) is 11.8 Å². The second-order valence-corrected chi connectivity index (χ2v) is 7.27. The largest absolute Gasteiger partial charge is 0.503 e. The molecule has 0 aliphatic carbocycles. The van der Waals surface area contributed by atoms with Crippen LogP contribution in [0.25, 0.3) is 0 Å². The van der Waals surface area contributed by atoms with Crippen LogP contribution in [0, 0.1) is 20.8 Å². The number of ketones is 2. The number of amides is 2. The van der Waals surface area contributed by atoms with E-state index in [1.165, 1.54) is 27.8 Å². The second-order valence-electron chi connectivity index (χ2n) is 7.27. The fourth-order valence-corrected chi connectivity index (χ4v) is 1.18. The molecule has 0 aliphatic rings. The molecule has 49 heavy (non-hydrogen) atoms. The van der Waals surface area contributed by atoms with Crippen LogP contribution in [0.4, 0.5) is 0 Å². The minimum atomic E-state index is -1.08. The van der Waals surface area contributed by atoms with E-state index in [1.807, 2.05) is 0 Å². The number of aliphatic carboxylic acids is 2. The van der Waals surface area contributed by atoms with Crippen molar-refractivity contribution in [3.8, 4) is 0 Å². The van der Waals surface area contributed by atoms with Gasteiger partial charge < -0.3 is 85.3 Å². The summed E-state index contributed by atoms with van der Waals surface area (Å²) in [5, 5.41) is 44.5. The molecule has 0 rings (SSSR count). The number of nitrogens with one attached hydrogen (secondary N) is 2. The van der Waals surface area contributed by atoms with E-state index in [0.29, 0.717) is 65.7 Å². The van der Waals surface area contributed by atoms with E-state index in [1.54, 1.807) is 6.92 Å². The Morgan fingerprint density at radius 2 is 0.816 bits per heavy atom. The fraction of sp³-hybridized carbons (Fsp3) is 0.679. The van der Waals surface area contributed by atoms with E-state index in [9.17, 15) is 19.2 Å². The standard InChI is InChI=1S/2C6H13NO3.C4H11NO2.C4H7O.C3H5O.C2H4O2.C2H3O2.CH5N.3Y/c2*1-6(9)7-2-4-10-5-3-8;5-1-3-7-4-2-6;1-3-4(2)5;1-3(2)4;2*1-2(3)4;1-2;;;/h2*8H,2-5H2,1H3,(H,7,9);6H,1-5H2;2-3H2,1H3;1H2,2H3;1H3,(H,3,4);1H2,(H,3,4);2H2,1H3;;;/q;;;2*-1;;-1;;;;. The summed E-state index contributed by atoms with van der Waals surface area (Å²) in [4.78, 5) is 57.4. The van der Waals surface area contributed by atoms with E-state index in [4.69, 9.17) is 55.1 Å². The molecule has 0 aromatic rings. The van der Waals surface area contributed by atoms with Crippen molar-refractivity contribution in [3.05, 3.63) is 20.8 Å². The molecule has 0 spiro atoms. The van der Waals surface area contributed by atoms with Gasteiger partial charge in [0.1, 0.15) is 0 Å². The third-order valence-electron chi connectivity index (χ3n) is 2.60. The normalized spacial score (nSPS) is 7.57. The Bertz CT molecular complexity index is 603. The van der Waals surface area contributed by atoms with Crippen LogP contribution in [0.3, 0.4) is 0 Å². The van der Waals surface area contributed by atoms with Gasteiger partial charge in [0.05, 0.1) is 59.5 Å². The van der Waals surface area contributed by atoms with Crippen molar-refractivity contribution in [2.75, 3.05) is 86.1 Å². The van der Waals surface area contributed by atoms with Crippen molar-refractivity contribution in [1.82, 2.24) is 10.6 Å². The van der Waals surface area contributed by atoms with Gasteiger partial charge >= 0.3 is 0 Å². The summed E-state index contributed by atoms with van der Waals surface area (Å²) in [7, 11) is 1.50. The number of carboxylic acids is 2. The van der Waals surface area contributed by atoms with Crippen LogP contribution in [0.1, 0.15) is 41.0 Å². The number of carboxylic acid groups (broad SMARTS) is 2. The van der Waals surface area contributed by atoms with Gasteiger partial charge in [-0.3, -0.25) is 26.1 Å². The number of carbonyl (C=O) groups is 6. The molecule has 0 aromatic carbocycles. The van der Waals surface area contributed by atoms with E-state index in [2.05, 4.69) is 37.1 Å². The Labute approximate surface area is 368 Å². The third kappa shape index (κ3) is 256. The summed E-state index contributed by atoms with van der Waals surface area (Å²) in [6.45, 7) is 20.1. The van der Waals surface area contributed by atoms with Crippen LogP contribution in [-0.2, 0) is 141 Å². The predicted molar refractivity (Wildman–Crippen MR) is 173 cm³/mol. The number of rotatable bonds is 15.